The molecule has 1 aliphatic rings. The highest BCUT2D eigenvalue weighted by atomic mass is 35.5. The standard InChI is InChI=1S/C27H19ClN2O5/c1-16-20(14-19-8-10-24(35-19)18-7-9-23(28)21(13-18)27(33)34)25(31)30(26(32)22(16)15-29)12-11-17-5-3-2-4-6-17/h2-10,13-14H,11-12H2,1H3,(H,33,34)/b20-14+. The lowest BCUT2D eigenvalue weighted by atomic mass is 9.94. The number of amides is 2. The van der Waals surface area contributed by atoms with Crippen molar-refractivity contribution in [2.45, 2.75) is 13.3 Å². The van der Waals surface area contributed by atoms with Gasteiger partial charge in [-0.1, -0.05) is 41.9 Å². The molecule has 0 bridgehead atoms. The van der Waals surface area contributed by atoms with E-state index in [-0.39, 0.29) is 33.9 Å². The molecule has 1 N–H and O–H groups in total. The van der Waals surface area contributed by atoms with Crippen LogP contribution in [0.5, 0.6) is 0 Å². The van der Waals surface area contributed by atoms with Crippen molar-refractivity contribution in [1.82, 2.24) is 4.90 Å². The summed E-state index contributed by atoms with van der Waals surface area (Å²) in [5.74, 6) is -1.61. The van der Waals surface area contributed by atoms with E-state index in [0.717, 1.165) is 10.5 Å². The van der Waals surface area contributed by atoms with Crippen LogP contribution in [0.3, 0.4) is 0 Å². The number of carbonyl (C=O) groups excluding carboxylic acids is 2. The third-order valence-electron chi connectivity index (χ3n) is 5.69. The maximum Gasteiger partial charge on any atom is 0.337 e. The number of nitrogens with zero attached hydrogens (tertiary/aromatic N) is 2. The molecule has 7 nitrogen and oxygen atoms in total. The Morgan fingerprint density at radius 2 is 1.86 bits per heavy atom. The van der Waals surface area contributed by atoms with Crippen LogP contribution < -0.4 is 0 Å². The van der Waals surface area contributed by atoms with Crippen molar-refractivity contribution in [3.05, 3.63) is 99.3 Å². The molecular formula is C27H19ClN2O5. The number of nitriles is 1. The normalized spacial score (nSPS) is 15.0. The van der Waals surface area contributed by atoms with Gasteiger partial charge in [0.05, 0.1) is 10.6 Å². The molecule has 174 valence electrons. The summed E-state index contributed by atoms with van der Waals surface area (Å²) in [6, 6.07) is 19.1. The molecule has 2 amide bonds. The van der Waals surface area contributed by atoms with Crippen LogP contribution in [-0.4, -0.2) is 34.3 Å². The number of hydrogen-bond donors (Lipinski definition) is 1. The predicted molar refractivity (Wildman–Crippen MR) is 129 cm³/mol. The van der Waals surface area contributed by atoms with Gasteiger partial charge in [-0.3, -0.25) is 14.5 Å². The average molecular weight is 487 g/mol. The van der Waals surface area contributed by atoms with E-state index in [4.69, 9.17) is 16.0 Å². The van der Waals surface area contributed by atoms with Gasteiger partial charge < -0.3 is 9.52 Å². The number of carboxylic acids is 1. The van der Waals surface area contributed by atoms with Crippen LogP contribution in [0, 0.1) is 11.3 Å². The van der Waals surface area contributed by atoms with Gasteiger partial charge in [0.15, 0.2) is 0 Å². The van der Waals surface area contributed by atoms with Crippen molar-refractivity contribution in [3.8, 4) is 17.4 Å². The molecule has 0 saturated heterocycles. The fourth-order valence-corrected chi connectivity index (χ4v) is 3.99. The molecule has 8 heteroatoms. The van der Waals surface area contributed by atoms with Crippen molar-refractivity contribution >= 4 is 35.5 Å². The number of carbonyl (C=O) groups is 3. The molecule has 0 radical (unpaired) electrons. The van der Waals surface area contributed by atoms with Crippen LogP contribution in [0.15, 0.2) is 81.8 Å². The van der Waals surface area contributed by atoms with Gasteiger partial charge >= 0.3 is 5.97 Å². The highest BCUT2D eigenvalue weighted by Gasteiger charge is 2.35. The molecule has 0 atom stereocenters. The van der Waals surface area contributed by atoms with E-state index in [2.05, 4.69) is 0 Å². The Morgan fingerprint density at radius 1 is 1.11 bits per heavy atom. The molecule has 0 spiro atoms. The van der Waals surface area contributed by atoms with Gasteiger partial charge in [-0.25, -0.2) is 4.79 Å². The molecule has 3 aromatic rings. The maximum atomic E-state index is 13.2. The van der Waals surface area contributed by atoms with E-state index in [1.165, 1.54) is 18.2 Å². The Hall–Kier alpha value is -4.41. The fraction of sp³-hybridized carbons (Fsp3) is 0.111. The zero-order valence-corrected chi connectivity index (χ0v) is 19.4. The van der Waals surface area contributed by atoms with Gasteiger partial charge in [-0.2, -0.15) is 5.26 Å². The van der Waals surface area contributed by atoms with Crippen molar-refractivity contribution in [2.75, 3.05) is 6.54 Å². The Kier molecular flexibility index (Phi) is 6.67. The third-order valence-corrected chi connectivity index (χ3v) is 6.02. The van der Waals surface area contributed by atoms with E-state index in [1.54, 1.807) is 25.1 Å². The largest absolute Gasteiger partial charge is 0.478 e. The minimum absolute atomic E-state index is 0.0621. The molecule has 2 aromatic carbocycles. The predicted octanol–water partition coefficient (Wildman–Crippen LogP) is 5.13. The van der Waals surface area contributed by atoms with E-state index >= 15 is 0 Å². The number of benzene rings is 2. The Morgan fingerprint density at radius 3 is 2.54 bits per heavy atom. The monoisotopic (exact) mass is 486 g/mol. The number of halogens is 1. The van der Waals surface area contributed by atoms with Crippen molar-refractivity contribution in [1.29, 1.82) is 5.26 Å². The number of imide groups is 1. The highest BCUT2D eigenvalue weighted by Crippen LogP contribution is 2.31. The molecule has 1 aromatic heterocycles. The first-order chi connectivity index (χ1) is 16.8. The molecule has 2 heterocycles. The highest BCUT2D eigenvalue weighted by molar-refractivity contribution is 6.33. The molecular weight excluding hydrogens is 468 g/mol. The summed E-state index contributed by atoms with van der Waals surface area (Å²) in [6.07, 6.45) is 1.94. The zero-order valence-electron chi connectivity index (χ0n) is 18.6. The summed E-state index contributed by atoms with van der Waals surface area (Å²) >= 11 is 5.94. The lowest BCUT2D eigenvalue weighted by molar-refractivity contribution is -0.140. The third kappa shape index (κ3) is 4.79. The van der Waals surface area contributed by atoms with Crippen LogP contribution >= 0.6 is 11.6 Å². The van der Waals surface area contributed by atoms with Crippen LogP contribution in [0.2, 0.25) is 5.02 Å². The molecule has 35 heavy (non-hydrogen) atoms. The lowest BCUT2D eigenvalue weighted by Crippen LogP contribution is -2.43. The minimum Gasteiger partial charge on any atom is -0.478 e. The summed E-state index contributed by atoms with van der Waals surface area (Å²) in [5.41, 5.74) is 1.75. The van der Waals surface area contributed by atoms with Crippen molar-refractivity contribution in [3.63, 3.8) is 0 Å². The first kappa shape index (κ1) is 23.7. The molecule has 4 rings (SSSR count). The SMILES string of the molecule is CC1=C(C#N)C(=O)N(CCc2ccccc2)C(=O)/C1=C/c1ccc(-c2ccc(Cl)c(C(=O)O)c2)o1. The second-order valence-electron chi connectivity index (χ2n) is 7.87. The summed E-state index contributed by atoms with van der Waals surface area (Å²) in [4.78, 5) is 38.5. The van der Waals surface area contributed by atoms with Gasteiger partial charge in [-0.05, 0) is 60.9 Å². The van der Waals surface area contributed by atoms with E-state index in [9.17, 15) is 24.8 Å². The smallest absolute Gasteiger partial charge is 0.337 e. The topological polar surface area (TPSA) is 112 Å². The van der Waals surface area contributed by atoms with Crippen molar-refractivity contribution in [2.24, 2.45) is 0 Å². The van der Waals surface area contributed by atoms with Crippen molar-refractivity contribution < 1.29 is 23.9 Å². The van der Waals surface area contributed by atoms with E-state index < -0.39 is 17.8 Å². The quantitative estimate of drug-likeness (QED) is 0.381. The van der Waals surface area contributed by atoms with Crippen LogP contribution in [0.25, 0.3) is 17.4 Å². The van der Waals surface area contributed by atoms with Crippen LogP contribution in [-0.2, 0) is 16.0 Å². The molecule has 0 saturated carbocycles. The van der Waals surface area contributed by atoms with Crippen LogP contribution in [0.1, 0.15) is 28.6 Å². The fourth-order valence-electron chi connectivity index (χ4n) is 3.79. The zero-order chi connectivity index (χ0) is 25.1. The first-order valence-corrected chi connectivity index (χ1v) is 11.0. The number of carboxylic acid groups (broad SMARTS) is 1. The molecule has 0 fully saturated rings. The minimum atomic E-state index is -1.16. The molecule has 1 aliphatic heterocycles. The average Bonchev–Trinajstić information content (AvgIpc) is 3.31. The number of aromatic carboxylic acids is 1. The summed E-state index contributed by atoms with van der Waals surface area (Å²) in [6.45, 7) is 1.68. The van der Waals surface area contributed by atoms with Gasteiger partial charge in [0.1, 0.15) is 23.2 Å². The Balaban J connectivity index is 1.66. The Bertz CT molecular complexity index is 1440. The second-order valence-corrected chi connectivity index (χ2v) is 8.28. The van der Waals surface area contributed by atoms with Gasteiger partial charge in [0.2, 0.25) is 0 Å². The summed E-state index contributed by atoms with van der Waals surface area (Å²) in [7, 11) is 0. The molecule has 0 aliphatic carbocycles. The molecule has 0 unspecified atom stereocenters. The number of furan rings is 1. The second kappa shape index (κ2) is 9.84. The Labute approximate surface area is 206 Å². The maximum absolute atomic E-state index is 13.2. The number of hydrogen-bond acceptors (Lipinski definition) is 5. The van der Waals surface area contributed by atoms with Gasteiger partial charge in [0, 0.05) is 17.7 Å². The van der Waals surface area contributed by atoms with E-state index in [0.29, 0.717) is 23.5 Å². The van der Waals surface area contributed by atoms with Gasteiger partial charge in [-0.15, -0.1) is 0 Å². The summed E-state index contributed by atoms with van der Waals surface area (Å²) in [5, 5.41) is 19.0. The van der Waals surface area contributed by atoms with Gasteiger partial charge in [0.25, 0.3) is 11.8 Å². The number of rotatable bonds is 6. The lowest BCUT2D eigenvalue weighted by Gasteiger charge is -2.27. The summed E-state index contributed by atoms with van der Waals surface area (Å²) < 4.78 is 5.83. The first-order valence-electron chi connectivity index (χ1n) is 10.7. The van der Waals surface area contributed by atoms with Crippen LogP contribution in [0.4, 0.5) is 0 Å². The van der Waals surface area contributed by atoms with E-state index in [1.807, 2.05) is 36.4 Å².